The van der Waals surface area contributed by atoms with Gasteiger partial charge >= 0.3 is 0 Å². The van der Waals surface area contributed by atoms with Crippen LogP contribution in [-0.2, 0) is 13.9 Å². The molecule has 0 bridgehead atoms. The van der Waals surface area contributed by atoms with E-state index in [0.717, 1.165) is 11.1 Å². The topological polar surface area (TPSA) is 47.9 Å². The zero-order valence-electron chi connectivity index (χ0n) is 26.9. The van der Waals surface area contributed by atoms with Crippen molar-refractivity contribution < 1.29 is 19.0 Å². The van der Waals surface area contributed by atoms with E-state index in [1.165, 1.54) is 10.4 Å². The summed E-state index contributed by atoms with van der Waals surface area (Å²) in [6.07, 6.45) is 5.33. The Morgan fingerprint density at radius 3 is 1.98 bits per heavy atom. The van der Waals surface area contributed by atoms with Gasteiger partial charge in [-0.3, -0.25) is 0 Å². The third-order valence-electron chi connectivity index (χ3n) is 8.84. The first kappa shape index (κ1) is 33.1. The number of hydrogen-bond donors (Lipinski definition) is 1. The maximum atomic E-state index is 11.6. The molecule has 43 heavy (non-hydrogen) atoms. The fourth-order valence-corrected chi connectivity index (χ4v) is 10.9. The summed E-state index contributed by atoms with van der Waals surface area (Å²) in [5.74, 6) is 0.0908. The number of aliphatic hydroxyl groups is 1. The molecule has 0 aromatic heterocycles. The van der Waals surface area contributed by atoms with Gasteiger partial charge in [-0.05, 0) is 27.9 Å². The summed E-state index contributed by atoms with van der Waals surface area (Å²) in [4.78, 5) is 0. The van der Waals surface area contributed by atoms with Crippen LogP contribution in [0.3, 0.4) is 0 Å². The minimum atomic E-state index is -2.68. The second kappa shape index (κ2) is 14.8. The van der Waals surface area contributed by atoms with Crippen LogP contribution in [0, 0.1) is 17.8 Å². The molecule has 3 aromatic carbocycles. The van der Waals surface area contributed by atoms with Gasteiger partial charge in [0.1, 0.15) is 0 Å². The van der Waals surface area contributed by atoms with Crippen molar-refractivity contribution >= 4 is 18.7 Å². The molecule has 5 heteroatoms. The Morgan fingerprint density at radius 1 is 0.930 bits per heavy atom. The lowest BCUT2D eigenvalue weighted by Gasteiger charge is -2.44. The molecule has 1 saturated heterocycles. The highest BCUT2D eigenvalue weighted by Crippen LogP contribution is 2.37. The molecule has 4 nitrogen and oxygen atoms in total. The van der Waals surface area contributed by atoms with E-state index >= 15 is 0 Å². The lowest BCUT2D eigenvalue weighted by Crippen LogP contribution is -2.67. The minimum Gasteiger partial charge on any atom is -0.407 e. The smallest absolute Gasteiger partial charge is 0.261 e. The van der Waals surface area contributed by atoms with Gasteiger partial charge in [-0.2, -0.15) is 0 Å². The number of hydrogen-bond acceptors (Lipinski definition) is 4. The Kier molecular flexibility index (Phi) is 11.4. The molecule has 230 valence electrons. The van der Waals surface area contributed by atoms with Crippen molar-refractivity contribution in [3.63, 3.8) is 0 Å². The van der Waals surface area contributed by atoms with Gasteiger partial charge in [-0.1, -0.05) is 151 Å². The molecule has 3 aromatic rings. The highest BCUT2D eigenvalue weighted by molar-refractivity contribution is 6.99. The molecule has 1 heterocycles. The maximum absolute atomic E-state index is 11.6. The first-order valence-electron chi connectivity index (χ1n) is 15.7. The number of benzene rings is 3. The molecule has 1 fully saturated rings. The summed E-state index contributed by atoms with van der Waals surface area (Å²) in [6.45, 7) is 16.3. The standard InChI is InChI=1S/C38H50O4Si/c1-8-31(24-25-35-28(2)26-40-37(42-35)32-18-12-9-13-19-32)30(4)36(39)29(3)27-41-43(38(5,6)7,33-20-14-10-15-21-33)34-22-16-11-17-23-34/h8-25,28-30,35-37,39H,26-27H2,1-7H3/b25-24+,31-8-/t28-,29+,30-,35+,36-,37-/m1/s1. The summed E-state index contributed by atoms with van der Waals surface area (Å²) in [5, 5.41) is 14.0. The average molecular weight is 599 g/mol. The van der Waals surface area contributed by atoms with Crippen molar-refractivity contribution in [2.24, 2.45) is 17.8 Å². The van der Waals surface area contributed by atoms with Gasteiger partial charge in [0.2, 0.25) is 0 Å². The van der Waals surface area contributed by atoms with Gasteiger partial charge < -0.3 is 19.0 Å². The Bertz CT molecular complexity index is 1280. The first-order chi connectivity index (χ1) is 20.6. The number of rotatable bonds is 11. The van der Waals surface area contributed by atoms with Gasteiger partial charge in [-0.15, -0.1) is 0 Å². The van der Waals surface area contributed by atoms with E-state index in [4.69, 9.17) is 13.9 Å². The molecule has 1 aliphatic heterocycles. The summed E-state index contributed by atoms with van der Waals surface area (Å²) >= 11 is 0. The van der Waals surface area contributed by atoms with Crippen molar-refractivity contribution in [1.82, 2.24) is 0 Å². The Balaban J connectivity index is 1.49. The van der Waals surface area contributed by atoms with Crippen LogP contribution in [-0.4, -0.2) is 38.8 Å². The SMILES string of the molecule is C/C=C(/C=C/[C@@H]1O[C@H](c2ccccc2)OC[C@H]1C)[C@@H](C)[C@H](O)[C@@H](C)CO[Si](c1ccccc1)(c1ccccc1)C(C)(C)C. The first-order valence-corrected chi connectivity index (χ1v) is 17.6. The van der Waals surface area contributed by atoms with Crippen LogP contribution in [0.1, 0.15) is 60.3 Å². The van der Waals surface area contributed by atoms with E-state index in [1.54, 1.807) is 0 Å². The largest absolute Gasteiger partial charge is 0.407 e. The summed E-state index contributed by atoms with van der Waals surface area (Å²) < 4.78 is 19.5. The molecule has 1 N–H and O–H groups in total. The quantitative estimate of drug-likeness (QED) is 0.184. The van der Waals surface area contributed by atoms with E-state index in [1.807, 2.05) is 37.3 Å². The third kappa shape index (κ3) is 7.65. The highest BCUT2D eigenvalue weighted by Gasteiger charge is 2.50. The number of aliphatic hydroxyl groups excluding tert-OH is 1. The fraction of sp³-hybridized carbons (Fsp3) is 0.421. The maximum Gasteiger partial charge on any atom is 0.261 e. The summed E-state index contributed by atoms with van der Waals surface area (Å²) in [6, 6.07) is 31.4. The molecule has 0 aliphatic carbocycles. The van der Waals surface area contributed by atoms with Crippen molar-refractivity contribution in [1.29, 1.82) is 0 Å². The van der Waals surface area contributed by atoms with Crippen LogP contribution in [0.4, 0.5) is 0 Å². The number of ether oxygens (including phenoxy) is 2. The van der Waals surface area contributed by atoms with Crippen LogP contribution in [0.2, 0.25) is 5.04 Å². The molecule has 4 rings (SSSR count). The van der Waals surface area contributed by atoms with E-state index in [0.29, 0.717) is 13.2 Å². The zero-order valence-corrected chi connectivity index (χ0v) is 27.9. The van der Waals surface area contributed by atoms with Crippen molar-refractivity contribution in [3.8, 4) is 0 Å². The van der Waals surface area contributed by atoms with Crippen LogP contribution in [0.15, 0.2) is 115 Å². The van der Waals surface area contributed by atoms with E-state index in [2.05, 4.69) is 120 Å². The fourth-order valence-electron chi connectivity index (χ4n) is 6.19. The summed E-state index contributed by atoms with van der Waals surface area (Å²) in [5.41, 5.74) is 2.11. The Morgan fingerprint density at radius 2 is 1.47 bits per heavy atom. The second-order valence-electron chi connectivity index (χ2n) is 13.0. The molecule has 1 aliphatic rings. The van der Waals surface area contributed by atoms with Crippen LogP contribution < -0.4 is 10.4 Å². The average Bonchev–Trinajstić information content (AvgIpc) is 3.02. The normalized spacial score (nSPS) is 22.3. The predicted octanol–water partition coefficient (Wildman–Crippen LogP) is 7.45. The molecule has 0 spiro atoms. The predicted molar refractivity (Wildman–Crippen MR) is 180 cm³/mol. The van der Waals surface area contributed by atoms with E-state index in [9.17, 15) is 5.11 Å². The van der Waals surface area contributed by atoms with Gasteiger partial charge in [0.25, 0.3) is 8.32 Å². The number of allylic oxidation sites excluding steroid dienone is 2. The van der Waals surface area contributed by atoms with E-state index < -0.39 is 14.4 Å². The molecular formula is C38H50O4Si. The monoisotopic (exact) mass is 598 g/mol. The summed E-state index contributed by atoms with van der Waals surface area (Å²) in [7, 11) is -2.68. The van der Waals surface area contributed by atoms with Crippen molar-refractivity contribution in [2.75, 3.05) is 13.2 Å². The van der Waals surface area contributed by atoms with Crippen LogP contribution >= 0.6 is 0 Å². The van der Waals surface area contributed by atoms with Gasteiger partial charge in [0.05, 0.1) is 18.8 Å². The Hall–Kier alpha value is -2.80. The van der Waals surface area contributed by atoms with Gasteiger partial charge in [0.15, 0.2) is 6.29 Å². The molecule has 0 unspecified atom stereocenters. The van der Waals surface area contributed by atoms with Crippen molar-refractivity contribution in [2.45, 2.75) is 72.0 Å². The third-order valence-corrected chi connectivity index (χ3v) is 13.8. The molecular weight excluding hydrogens is 549 g/mol. The second-order valence-corrected chi connectivity index (χ2v) is 17.3. The van der Waals surface area contributed by atoms with E-state index in [-0.39, 0.29) is 35.2 Å². The molecule has 0 radical (unpaired) electrons. The lowest BCUT2D eigenvalue weighted by atomic mass is 9.87. The molecule has 0 amide bonds. The van der Waals surface area contributed by atoms with Crippen LogP contribution in [0.5, 0.6) is 0 Å². The van der Waals surface area contributed by atoms with Gasteiger partial charge in [-0.25, -0.2) is 0 Å². The Labute approximate surface area is 260 Å². The highest BCUT2D eigenvalue weighted by atomic mass is 28.4. The molecule has 0 saturated carbocycles. The zero-order chi connectivity index (χ0) is 31.0. The minimum absolute atomic E-state index is 0.0688. The lowest BCUT2D eigenvalue weighted by molar-refractivity contribution is -0.225. The van der Waals surface area contributed by atoms with Crippen LogP contribution in [0.25, 0.3) is 0 Å². The van der Waals surface area contributed by atoms with Crippen molar-refractivity contribution in [3.05, 3.63) is 120 Å². The molecule has 6 atom stereocenters. The van der Waals surface area contributed by atoms with Gasteiger partial charge in [0, 0.05) is 29.9 Å².